The average Bonchev–Trinajstić information content (AvgIpc) is 3.24. The van der Waals surface area contributed by atoms with E-state index >= 15 is 0 Å². The molecule has 5 nitrogen and oxygen atoms in total. The van der Waals surface area contributed by atoms with Crippen molar-refractivity contribution in [3.8, 4) is 11.4 Å². The lowest BCUT2D eigenvalue weighted by atomic mass is 9.93. The van der Waals surface area contributed by atoms with Crippen LogP contribution in [0.15, 0.2) is 59.1 Å². The monoisotopic (exact) mass is 409 g/mol. The van der Waals surface area contributed by atoms with Crippen molar-refractivity contribution >= 4 is 17.5 Å². The molecule has 1 saturated carbocycles. The normalized spacial score (nSPS) is 14.7. The van der Waals surface area contributed by atoms with Gasteiger partial charge >= 0.3 is 0 Å². The zero-order chi connectivity index (χ0) is 20.1. The fourth-order valence-corrected chi connectivity index (χ4v) is 4.13. The summed E-state index contributed by atoms with van der Waals surface area (Å²) in [4.78, 5) is 19.7. The van der Waals surface area contributed by atoms with E-state index in [9.17, 15) is 4.79 Å². The van der Waals surface area contributed by atoms with Crippen LogP contribution in [0.1, 0.15) is 48.4 Å². The molecule has 0 unspecified atom stereocenters. The highest BCUT2D eigenvalue weighted by molar-refractivity contribution is 6.33. The van der Waals surface area contributed by atoms with Crippen LogP contribution in [0.25, 0.3) is 11.4 Å². The van der Waals surface area contributed by atoms with E-state index in [2.05, 4.69) is 10.1 Å². The minimum Gasteiger partial charge on any atom is -0.339 e. The molecule has 150 valence electrons. The van der Waals surface area contributed by atoms with E-state index in [0.29, 0.717) is 35.3 Å². The van der Waals surface area contributed by atoms with Gasteiger partial charge in [0, 0.05) is 24.6 Å². The lowest BCUT2D eigenvalue weighted by molar-refractivity contribution is 0.0632. The van der Waals surface area contributed by atoms with E-state index in [1.54, 1.807) is 12.1 Å². The van der Waals surface area contributed by atoms with Crippen LogP contribution >= 0.6 is 11.6 Å². The van der Waals surface area contributed by atoms with E-state index in [1.165, 1.54) is 6.42 Å². The van der Waals surface area contributed by atoms with Crippen LogP contribution in [0.5, 0.6) is 0 Å². The van der Waals surface area contributed by atoms with Crippen LogP contribution in [0.2, 0.25) is 5.02 Å². The summed E-state index contributed by atoms with van der Waals surface area (Å²) < 4.78 is 5.44. The van der Waals surface area contributed by atoms with Gasteiger partial charge in [0.1, 0.15) is 0 Å². The molecule has 4 rings (SSSR count). The second-order valence-electron chi connectivity index (χ2n) is 7.40. The maximum atomic E-state index is 13.3. The van der Waals surface area contributed by atoms with Crippen LogP contribution in [0.4, 0.5) is 0 Å². The Kier molecular flexibility index (Phi) is 6.25. The molecule has 1 aliphatic carbocycles. The lowest BCUT2D eigenvalue weighted by Gasteiger charge is -2.34. The fourth-order valence-electron chi connectivity index (χ4n) is 3.91. The first kappa shape index (κ1) is 19.6. The number of amides is 1. The van der Waals surface area contributed by atoms with Gasteiger partial charge in [-0.25, -0.2) is 0 Å². The van der Waals surface area contributed by atoms with Gasteiger partial charge in [-0.3, -0.25) is 4.79 Å². The highest BCUT2D eigenvalue weighted by Crippen LogP contribution is 2.26. The summed E-state index contributed by atoms with van der Waals surface area (Å²) in [7, 11) is 0. The molecule has 0 spiro atoms. The molecule has 0 N–H and O–H groups in total. The van der Waals surface area contributed by atoms with Crippen LogP contribution in [0.3, 0.4) is 0 Å². The van der Waals surface area contributed by atoms with Crippen molar-refractivity contribution in [3.05, 3.63) is 71.1 Å². The number of halogens is 1. The van der Waals surface area contributed by atoms with Crippen molar-refractivity contribution in [2.75, 3.05) is 6.54 Å². The maximum absolute atomic E-state index is 13.3. The highest BCUT2D eigenvalue weighted by Gasteiger charge is 2.27. The smallest absolute Gasteiger partial charge is 0.255 e. The molecule has 2 aromatic carbocycles. The Morgan fingerprint density at radius 1 is 1.03 bits per heavy atom. The van der Waals surface area contributed by atoms with E-state index in [-0.39, 0.29) is 11.9 Å². The maximum Gasteiger partial charge on any atom is 0.255 e. The number of rotatable bonds is 6. The second kappa shape index (κ2) is 9.23. The summed E-state index contributed by atoms with van der Waals surface area (Å²) in [5.74, 6) is 1.09. The number of carbonyl (C=O) groups excluding carboxylic acids is 1. The Balaban J connectivity index is 1.51. The first-order chi connectivity index (χ1) is 14.2. The Hall–Kier alpha value is -2.66. The van der Waals surface area contributed by atoms with E-state index in [0.717, 1.165) is 31.2 Å². The third-order valence-corrected chi connectivity index (χ3v) is 5.78. The van der Waals surface area contributed by atoms with Crippen molar-refractivity contribution in [2.24, 2.45) is 0 Å². The zero-order valence-corrected chi connectivity index (χ0v) is 17.0. The molecule has 1 heterocycles. The Morgan fingerprint density at radius 2 is 1.76 bits per heavy atom. The summed E-state index contributed by atoms with van der Waals surface area (Å²) in [6.07, 6.45) is 6.09. The van der Waals surface area contributed by atoms with Crippen LogP contribution in [-0.4, -0.2) is 33.5 Å². The van der Waals surface area contributed by atoms with Crippen molar-refractivity contribution < 1.29 is 9.32 Å². The molecular formula is C23H24ClN3O2. The molecule has 0 aliphatic heterocycles. The lowest BCUT2D eigenvalue weighted by Crippen LogP contribution is -2.42. The molecule has 0 saturated heterocycles. The Labute approximate surface area is 175 Å². The topological polar surface area (TPSA) is 59.2 Å². The van der Waals surface area contributed by atoms with Crippen molar-refractivity contribution in [1.29, 1.82) is 0 Å². The third-order valence-electron chi connectivity index (χ3n) is 5.45. The van der Waals surface area contributed by atoms with E-state index in [4.69, 9.17) is 16.1 Å². The van der Waals surface area contributed by atoms with Gasteiger partial charge in [-0.1, -0.05) is 78.5 Å². The number of benzene rings is 2. The molecule has 1 amide bonds. The molecule has 1 aromatic heterocycles. The van der Waals surface area contributed by atoms with Gasteiger partial charge in [-0.15, -0.1) is 0 Å². The van der Waals surface area contributed by atoms with Crippen molar-refractivity contribution in [2.45, 2.75) is 44.6 Å². The van der Waals surface area contributed by atoms with Gasteiger partial charge in [0.2, 0.25) is 11.7 Å². The molecule has 0 atom stereocenters. The molecular weight excluding hydrogens is 386 g/mol. The van der Waals surface area contributed by atoms with Crippen molar-refractivity contribution in [1.82, 2.24) is 15.0 Å². The Morgan fingerprint density at radius 3 is 2.52 bits per heavy atom. The van der Waals surface area contributed by atoms with Gasteiger partial charge in [-0.05, 0) is 25.0 Å². The molecule has 0 radical (unpaired) electrons. The average molecular weight is 410 g/mol. The Bertz CT molecular complexity index is 952. The number of aromatic nitrogens is 2. The number of carbonyl (C=O) groups is 1. The largest absolute Gasteiger partial charge is 0.339 e. The molecule has 0 bridgehead atoms. The summed E-state index contributed by atoms with van der Waals surface area (Å²) in [5, 5.41) is 4.57. The predicted molar refractivity (Wildman–Crippen MR) is 113 cm³/mol. The van der Waals surface area contributed by atoms with Gasteiger partial charge in [0.25, 0.3) is 5.91 Å². The van der Waals surface area contributed by atoms with Crippen LogP contribution < -0.4 is 0 Å². The predicted octanol–water partition coefficient (Wildman–Crippen LogP) is 5.41. The number of hydrogen-bond donors (Lipinski definition) is 0. The standard InChI is InChI=1S/C23H24ClN3O2/c24-20-14-8-7-13-19(20)23(28)27(18-11-5-2-6-12-18)16-15-21-25-22(26-29-21)17-9-3-1-4-10-17/h1,3-4,7-10,13-14,18H,2,5-6,11-12,15-16H2. The molecule has 3 aromatic rings. The van der Waals surface area contributed by atoms with Gasteiger partial charge in [0.15, 0.2) is 0 Å². The van der Waals surface area contributed by atoms with E-state index < -0.39 is 0 Å². The highest BCUT2D eigenvalue weighted by atomic mass is 35.5. The molecule has 29 heavy (non-hydrogen) atoms. The van der Waals surface area contributed by atoms with Gasteiger partial charge < -0.3 is 9.42 Å². The fraction of sp³-hybridized carbons (Fsp3) is 0.348. The summed E-state index contributed by atoms with van der Waals surface area (Å²) in [6.45, 7) is 0.533. The number of hydrogen-bond acceptors (Lipinski definition) is 4. The molecule has 1 fully saturated rings. The van der Waals surface area contributed by atoms with Gasteiger partial charge in [0.05, 0.1) is 10.6 Å². The van der Waals surface area contributed by atoms with Crippen LogP contribution in [-0.2, 0) is 6.42 Å². The minimum absolute atomic E-state index is 0.0229. The van der Waals surface area contributed by atoms with Crippen LogP contribution in [0, 0.1) is 0 Å². The summed E-state index contributed by atoms with van der Waals surface area (Å²) >= 11 is 6.30. The SMILES string of the molecule is O=C(c1ccccc1Cl)N(CCc1nc(-c2ccccc2)no1)C1CCCCC1. The number of nitrogens with zero attached hydrogens (tertiary/aromatic N) is 3. The summed E-state index contributed by atoms with van der Waals surface area (Å²) in [6, 6.07) is 17.2. The third kappa shape index (κ3) is 4.67. The quantitative estimate of drug-likeness (QED) is 0.546. The molecule has 6 heteroatoms. The van der Waals surface area contributed by atoms with E-state index in [1.807, 2.05) is 47.4 Å². The molecule has 1 aliphatic rings. The second-order valence-corrected chi connectivity index (χ2v) is 7.81. The summed E-state index contributed by atoms with van der Waals surface area (Å²) in [5.41, 5.74) is 1.47. The van der Waals surface area contributed by atoms with Crippen molar-refractivity contribution in [3.63, 3.8) is 0 Å². The first-order valence-electron chi connectivity index (χ1n) is 10.2. The minimum atomic E-state index is -0.0229. The first-order valence-corrected chi connectivity index (χ1v) is 10.5. The zero-order valence-electron chi connectivity index (χ0n) is 16.3. The van der Waals surface area contributed by atoms with Gasteiger partial charge in [-0.2, -0.15) is 4.98 Å².